The number of hydrogen-bond donors (Lipinski definition) is 3. The van der Waals surface area contributed by atoms with E-state index >= 15 is 0 Å². The van der Waals surface area contributed by atoms with Crippen LogP contribution in [-0.4, -0.2) is 30.3 Å². The van der Waals surface area contributed by atoms with E-state index < -0.39 is 6.09 Å². The molecule has 0 bridgehead atoms. The second kappa shape index (κ2) is 10.1. The lowest BCUT2D eigenvalue weighted by molar-refractivity contribution is 0.155. The molecular formula is C21H21ClN4O3S. The van der Waals surface area contributed by atoms with E-state index in [9.17, 15) is 4.79 Å². The summed E-state index contributed by atoms with van der Waals surface area (Å²) in [5.74, 6) is 0.560. The van der Waals surface area contributed by atoms with Crippen LogP contribution in [0.2, 0.25) is 5.02 Å². The molecule has 0 radical (unpaired) electrons. The first-order valence-corrected chi connectivity index (χ1v) is 10.4. The molecule has 3 rings (SSSR count). The summed E-state index contributed by atoms with van der Waals surface area (Å²) in [6.07, 6.45) is 0.668. The van der Waals surface area contributed by atoms with Crippen molar-refractivity contribution in [2.45, 2.75) is 13.5 Å². The molecular weight excluding hydrogens is 424 g/mol. The van der Waals surface area contributed by atoms with Crippen LogP contribution in [0, 0.1) is 5.41 Å². The average Bonchev–Trinajstić information content (AvgIpc) is 3.20. The number of nitrogens with one attached hydrogen (secondary N) is 3. The second-order valence-electron chi connectivity index (χ2n) is 6.22. The summed E-state index contributed by atoms with van der Waals surface area (Å²) < 4.78 is 15.1. The van der Waals surface area contributed by atoms with E-state index in [2.05, 4.69) is 15.0 Å². The summed E-state index contributed by atoms with van der Waals surface area (Å²) >= 11 is 7.24. The minimum atomic E-state index is -0.600. The lowest BCUT2D eigenvalue weighted by atomic mass is 10.1. The van der Waals surface area contributed by atoms with Gasteiger partial charge in [0.05, 0.1) is 12.8 Å². The van der Waals surface area contributed by atoms with E-state index in [-0.39, 0.29) is 6.61 Å². The van der Waals surface area contributed by atoms with Gasteiger partial charge in [0.1, 0.15) is 18.1 Å². The number of nitrogens with zero attached hydrogens (tertiary/aromatic N) is 1. The molecule has 1 heterocycles. The van der Waals surface area contributed by atoms with Gasteiger partial charge in [-0.3, -0.25) is 5.32 Å². The molecule has 0 aliphatic heterocycles. The van der Waals surface area contributed by atoms with Crippen LogP contribution in [-0.2, 0) is 11.3 Å². The highest BCUT2D eigenvalue weighted by Crippen LogP contribution is 2.36. The number of halogens is 1. The lowest BCUT2D eigenvalue weighted by Gasteiger charge is -2.11. The zero-order chi connectivity index (χ0) is 21.5. The number of hydrogen-bond acceptors (Lipinski definition) is 7. The summed E-state index contributed by atoms with van der Waals surface area (Å²) in [5.41, 5.74) is 4.20. The number of carbonyl (C=O) groups is 1. The monoisotopic (exact) mass is 444 g/mol. The molecule has 0 saturated heterocycles. The van der Waals surface area contributed by atoms with E-state index in [1.54, 1.807) is 30.7 Å². The molecule has 1 aromatic heterocycles. The van der Waals surface area contributed by atoms with Crippen LogP contribution >= 0.6 is 23.1 Å². The van der Waals surface area contributed by atoms with Crippen LogP contribution in [0.3, 0.4) is 0 Å². The Hall–Kier alpha value is -3.10. The van der Waals surface area contributed by atoms with Gasteiger partial charge < -0.3 is 20.2 Å². The maximum Gasteiger partial charge on any atom is 0.412 e. The van der Waals surface area contributed by atoms with E-state index in [1.807, 2.05) is 25.1 Å². The van der Waals surface area contributed by atoms with Crippen molar-refractivity contribution in [3.8, 4) is 17.0 Å². The van der Waals surface area contributed by atoms with E-state index in [1.165, 1.54) is 17.7 Å². The highest BCUT2D eigenvalue weighted by Gasteiger charge is 2.16. The van der Waals surface area contributed by atoms with Gasteiger partial charge >= 0.3 is 6.09 Å². The molecule has 3 N–H and O–H groups in total. The maximum absolute atomic E-state index is 12.3. The van der Waals surface area contributed by atoms with Crippen molar-refractivity contribution < 1.29 is 14.3 Å². The Labute approximate surface area is 183 Å². The smallest absolute Gasteiger partial charge is 0.412 e. The van der Waals surface area contributed by atoms with Gasteiger partial charge in [-0.15, -0.1) is 0 Å². The number of ether oxygens (including phenoxy) is 2. The molecule has 9 heteroatoms. The molecule has 0 saturated carbocycles. The molecule has 30 heavy (non-hydrogen) atoms. The Morgan fingerprint density at radius 3 is 2.83 bits per heavy atom. The number of aromatic nitrogens is 1. The average molecular weight is 445 g/mol. The third-order valence-corrected chi connectivity index (χ3v) is 5.10. The topological polar surface area (TPSA) is 96.3 Å². The quantitative estimate of drug-likeness (QED) is 0.390. The van der Waals surface area contributed by atoms with E-state index in [0.29, 0.717) is 27.7 Å². The largest absolute Gasteiger partial charge is 0.496 e. The van der Waals surface area contributed by atoms with Crippen molar-refractivity contribution in [1.29, 1.82) is 5.41 Å². The Morgan fingerprint density at radius 2 is 2.10 bits per heavy atom. The molecule has 7 nitrogen and oxygen atoms in total. The van der Waals surface area contributed by atoms with Crippen LogP contribution in [0.15, 0.2) is 41.8 Å². The van der Waals surface area contributed by atoms with Crippen molar-refractivity contribution >= 4 is 46.8 Å². The van der Waals surface area contributed by atoms with Gasteiger partial charge in [0.2, 0.25) is 0 Å². The summed E-state index contributed by atoms with van der Waals surface area (Å²) in [7, 11) is 1.55. The van der Waals surface area contributed by atoms with Crippen LogP contribution in [0.25, 0.3) is 11.3 Å². The molecule has 0 spiro atoms. The third-order valence-electron chi connectivity index (χ3n) is 4.23. The Kier molecular flexibility index (Phi) is 7.26. The Balaban J connectivity index is 1.69. The number of methoxy groups -OCH3 is 1. The van der Waals surface area contributed by atoms with Gasteiger partial charge in [0.15, 0.2) is 0 Å². The number of rotatable bonds is 8. The zero-order valence-corrected chi connectivity index (χ0v) is 18.1. The first-order valence-electron chi connectivity index (χ1n) is 9.15. The first-order chi connectivity index (χ1) is 14.5. The Morgan fingerprint density at radius 1 is 1.27 bits per heavy atom. The fourth-order valence-corrected chi connectivity index (χ4v) is 3.64. The van der Waals surface area contributed by atoms with Crippen molar-refractivity contribution in [2.24, 2.45) is 0 Å². The SMILES string of the molecule is CCNc1ccc(COC(=O)Nc2csnc2-c2ccc(Cl)cc2OC)cc1C=N. The van der Waals surface area contributed by atoms with Gasteiger partial charge in [-0.1, -0.05) is 17.7 Å². The maximum atomic E-state index is 12.3. The van der Waals surface area contributed by atoms with Gasteiger partial charge in [-0.05, 0) is 54.4 Å². The van der Waals surface area contributed by atoms with Crippen molar-refractivity contribution in [1.82, 2.24) is 4.37 Å². The molecule has 2 aromatic carbocycles. The fraction of sp³-hybridized carbons (Fsp3) is 0.190. The predicted octanol–water partition coefficient (Wildman–Crippen LogP) is 5.65. The highest BCUT2D eigenvalue weighted by atomic mass is 35.5. The number of anilines is 2. The van der Waals surface area contributed by atoms with Gasteiger partial charge in [0.25, 0.3) is 0 Å². The number of carbonyl (C=O) groups excluding carboxylic acids is 1. The van der Waals surface area contributed by atoms with Crippen LogP contribution in [0.4, 0.5) is 16.2 Å². The summed E-state index contributed by atoms with van der Waals surface area (Å²) in [6.45, 7) is 2.83. The van der Waals surface area contributed by atoms with Gasteiger partial charge in [-0.25, -0.2) is 4.79 Å². The van der Waals surface area contributed by atoms with Crippen LogP contribution < -0.4 is 15.4 Å². The normalized spacial score (nSPS) is 10.4. The van der Waals surface area contributed by atoms with Gasteiger partial charge in [0, 0.05) is 40.0 Å². The highest BCUT2D eigenvalue weighted by molar-refractivity contribution is 7.04. The second-order valence-corrected chi connectivity index (χ2v) is 7.28. The zero-order valence-electron chi connectivity index (χ0n) is 16.5. The van der Waals surface area contributed by atoms with Crippen LogP contribution in [0.1, 0.15) is 18.1 Å². The standard InChI is InChI=1S/C21H21ClN4O3S/c1-3-24-17-7-4-13(8-14(17)10-23)11-29-21(27)25-18-12-30-26-20(18)16-6-5-15(22)9-19(16)28-2/h4-10,12,23-24H,3,11H2,1-2H3,(H,25,27). The summed E-state index contributed by atoms with van der Waals surface area (Å²) in [4.78, 5) is 12.3. The van der Waals surface area contributed by atoms with Crippen molar-refractivity contribution in [3.63, 3.8) is 0 Å². The molecule has 0 atom stereocenters. The number of benzene rings is 2. The third kappa shape index (κ3) is 5.08. The molecule has 0 unspecified atom stereocenters. The minimum absolute atomic E-state index is 0.0796. The van der Waals surface area contributed by atoms with Crippen molar-refractivity contribution in [3.05, 3.63) is 57.9 Å². The molecule has 3 aromatic rings. The summed E-state index contributed by atoms with van der Waals surface area (Å²) in [5, 5.41) is 15.7. The van der Waals surface area contributed by atoms with E-state index in [0.717, 1.165) is 23.4 Å². The first kappa shape index (κ1) is 21.6. The van der Waals surface area contributed by atoms with Crippen molar-refractivity contribution in [2.75, 3.05) is 24.3 Å². The van der Waals surface area contributed by atoms with Gasteiger partial charge in [-0.2, -0.15) is 4.37 Å². The molecule has 156 valence electrons. The van der Waals surface area contributed by atoms with E-state index in [4.69, 9.17) is 26.5 Å². The molecule has 0 fully saturated rings. The molecule has 0 aliphatic carbocycles. The van der Waals surface area contributed by atoms with Crippen LogP contribution in [0.5, 0.6) is 5.75 Å². The molecule has 0 aliphatic rings. The lowest BCUT2D eigenvalue weighted by Crippen LogP contribution is -2.14. The minimum Gasteiger partial charge on any atom is -0.496 e. The number of amides is 1. The fourth-order valence-electron chi connectivity index (χ4n) is 2.85. The summed E-state index contributed by atoms with van der Waals surface area (Å²) in [6, 6.07) is 10.8. The predicted molar refractivity (Wildman–Crippen MR) is 121 cm³/mol. The Bertz CT molecular complexity index is 1050. The molecule has 1 amide bonds.